The van der Waals surface area contributed by atoms with Crippen molar-refractivity contribution in [2.75, 3.05) is 19.6 Å². The van der Waals surface area contributed by atoms with E-state index in [-0.39, 0.29) is 5.91 Å². The van der Waals surface area contributed by atoms with Crippen LogP contribution in [-0.4, -0.2) is 51.7 Å². The number of carbonyl (C=O) groups is 1. The normalized spacial score (nSPS) is 23.8. The van der Waals surface area contributed by atoms with Gasteiger partial charge < -0.3 is 10.2 Å². The standard InChI is InChI=1S/C19H25N5O/c25-19(17-12-16(22-23-17)14-6-8-20-9-7-14)21-13-15-4-3-11-24-10-2-1-5-18(15)24/h6-9,12,15,18H,1-5,10-11,13H2,(H,21,25)(H,22,23)/t15-,18+/m1/s1. The molecule has 0 saturated carbocycles. The van der Waals surface area contributed by atoms with E-state index >= 15 is 0 Å². The Bertz CT molecular complexity index is 712. The van der Waals surface area contributed by atoms with E-state index in [9.17, 15) is 4.79 Å². The Kier molecular flexibility index (Phi) is 4.78. The average Bonchev–Trinajstić information content (AvgIpc) is 3.17. The quantitative estimate of drug-likeness (QED) is 0.897. The van der Waals surface area contributed by atoms with E-state index in [1.54, 1.807) is 18.5 Å². The van der Waals surface area contributed by atoms with Gasteiger partial charge in [0.2, 0.25) is 0 Å². The molecule has 132 valence electrons. The Hall–Kier alpha value is -2.21. The van der Waals surface area contributed by atoms with Crippen LogP contribution in [0.3, 0.4) is 0 Å². The van der Waals surface area contributed by atoms with Gasteiger partial charge in [-0.05, 0) is 62.9 Å². The molecule has 0 spiro atoms. The van der Waals surface area contributed by atoms with Crippen LogP contribution < -0.4 is 5.32 Å². The van der Waals surface area contributed by atoms with E-state index in [1.807, 2.05) is 12.1 Å². The van der Waals surface area contributed by atoms with E-state index in [0.29, 0.717) is 17.7 Å². The molecule has 0 bridgehead atoms. The molecule has 2 atom stereocenters. The lowest BCUT2D eigenvalue weighted by molar-refractivity contribution is 0.0575. The summed E-state index contributed by atoms with van der Waals surface area (Å²) in [7, 11) is 0. The zero-order valence-electron chi connectivity index (χ0n) is 14.4. The first-order chi connectivity index (χ1) is 12.3. The second-order valence-electron chi connectivity index (χ2n) is 7.11. The van der Waals surface area contributed by atoms with Crippen molar-refractivity contribution in [2.24, 2.45) is 5.92 Å². The maximum absolute atomic E-state index is 12.5. The van der Waals surface area contributed by atoms with E-state index in [1.165, 1.54) is 45.2 Å². The number of hydrogen-bond acceptors (Lipinski definition) is 4. The first kappa shape index (κ1) is 16.3. The van der Waals surface area contributed by atoms with Gasteiger partial charge in [-0.3, -0.25) is 14.9 Å². The summed E-state index contributed by atoms with van der Waals surface area (Å²) in [5.41, 5.74) is 2.24. The summed E-state index contributed by atoms with van der Waals surface area (Å²) in [6.45, 7) is 3.21. The van der Waals surface area contributed by atoms with Crippen LogP contribution in [0.5, 0.6) is 0 Å². The number of pyridine rings is 1. The van der Waals surface area contributed by atoms with Crippen molar-refractivity contribution in [3.63, 3.8) is 0 Å². The monoisotopic (exact) mass is 339 g/mol. The lowest BCUT2D eigenvalue weighted by atomic mass is 9.83. The van der Waals surface area contributed by atoms with Gasteiger partial charge in [0.25, 0.3) is 5.91 Å². The van der Waals surface area contributed by atoms with Gasteiger partial charge in [-0.1, -0.05) is 6.42 Å². The van der Waals surface area contributed by atoms with Crippen LogP contribution in [0.4, 0.5) is 0 Å². The van der Waals surface area contributed by atoms with Crippen molar-refractivity contribution in [3.8, 4) is 11.3 Å². The molecule has 6 nitrogen and oxygen atoms in total. The Labute approximate surface area is 148 Å². The number of hydrogen-bond donors (Lipinski definition) is 2. The number of aromatic nitrogens is 3. The zero-order chi connectivity index (χ0) is 17.1. The first-order valence-electron chi connectivity index (χ1n) is 9.29. The Morgan fingerprint density at radius 2 is 2.04 bits per heavy atom. The summed E-state index contributed by atoms with van der Waals surface area (Å²) in [5, 5.41) is 10.2. The van der Waals surface area contributed by atoms with Gasteiger partial charge in [0.15, 0.2) is 0 Å². The maximum atomic E-state index is 12.5. The second kappa shape index (κ2) is 7.35. The number of rotatable bonds is 4. The summed E-state index contributed by atoms with van der Waals surface area (Å²) >= 11 is 0. The fourth-order valence-electron chi connectivity index (χ4n) is 4.24. The highest BCUT2D eigenvalue weighted by molar-refractivity contribution is 5.93. The Balaban J connectivity index is 1.37. The third-order valence-corrected chi connectivity index (χ3v) is 5.55. The number of piperidine rings is 2. The summed E-state index contributed by atoms with van der Waals surface area (Å²) in [4.78, 5) is 19.1. The molecule has 2 aliphatic heterocycles. The third-order valence-electron chi connectivity index (χ3n) is 5.55. The van der Waals surface area contributed by atoms with Crippen molar-refractivity contribution >= 4 is 5.91 Å². The molecule has 2 fully saturated rings. The fourth-order valence-corrected chi connectivity index (χ4v) is 4.24. The molecular weight excluding hydrogens is 314 g/mol. The fraction of sp³-hybridized carbons (Fsp3) is 0.526. The molecule has 0 radical (unpaired) electrons. The van der Waals surface area contributed by atoms with Gasteiger partial charge in [-0.2, -0.15) is 5.10 Å². The highest BCUT2D eigenvalue weighted by Crippen LogP contribution is 2.30. The number of carbonyl (C=O) groups excluding carboxylic acids is 1. The SMILES string of the molecule is O=C(NC[C@H]1CCCN2CCCC[C@@H]12)c1cc(-c2ccncc2)n[nH]1. The zero-order valence-corrected chi connectivity index (χ0v) is 14.4. The highest BCUT2D eigenvalue weighted by atomic mass is 16.1. The molecule has 1 amide bonds. The number of aromatic amines is 1. The number of nitrogens with one attached hydrogen (secondary N) is 2. The largest absolute Gasteiger partial charge is 0.350 e. The van der Waals surface area contributed by atoms with Crippen LogP contribution in [0.1, 0.15) is 42.6 Å². The van der Waals surface area contributed by atoms with E-state index in [4.69, 9.17) is 0 Å². The average molecular weight is 339 g/mol. The molecule has 0 unspecified atom stereocenters. The number of nitrogens with zero attached hydrogens (tertiary/aromatic N) is 3. The summed E-state index contributed by atoms with van der Waals surface area (Å²) in [6, 6.07) is 6.23. The lowest BCUT2D eigenvalue weighted by Crippen LogP contribution is -2.51. The molecule has 2 N–H and O–H groups in total. The van der Waals surface area contributed by atoms with Gasteiger partial charge in [0.1, 0.15) is 5.69 Å². The lowest BCUT2D eigenvalue weighted by Gasteiger charge is -2.44. The maximum Gasteiger partial charge on any atom is 0.269 e. The van der Waals surface area contributed by atoms with Gasteiger partial charge in [-0.15, -0.1) is 0 Å². The van der Waals surface area contributed by atoms with Gasteiger partial charge in [-0.25, -0.2) is 0 Å². The smallest absolute Gasteiger partial charge is 0.269 e. The van der Waals surface area contributed by atoms with Crippen LogP contribution in [0, 0.1) is 5.92 Å². The van der Waals surface area contributed by atoms with Gasteiger partial charge >= 0.3 is 0 Å². The van der Waals surface area contributed by atoms with Crippen molar-refractivity contribution in [2.45, 2.75) is 38.1 Å². The van der Waals surface area contributed by atoms with Crippen molar-refractivity contribution in [1.82, 2.24) is 25.4 Å². The van der Waals surface area contributed by atoms with Crippen molar-refractivity contribution < 1.29 is 4.79 Å². The summed E-state index contributed by atoms with van der Waals surface area (Å²) < 4.78 is 0. The van der Waals surface area contributed by atoms with Crippen LogP contribution in [0.15, 0.2) is 30.6 Å². The minimum atomic E-state index is -0.0688. The summed E-state index contributed by atoms with van der Waals surface area (Å²) in [6.07, 6.45) is 9.82. The predicted molar refractivity (Wildman–Crippen MR) is 96.1 cm³/mol. The van der Waals surface area contributed by atoms with Gasteiger partial charge in [0.05, 0.1) is 5.69 Å². The van der Waals surface area contributed by atoms with Gasteiger partial charge in [0, 0.05) is 30.5 Å². The van der Waals surface area contributed by atoms with Crippen molar-refractivity contribution in [1.29, 1.82) is 0 Å². The molecule has 0 aromatic carbocycles. The number of amides is 1. The number of H-pyrrole nitrogens is 1. The third kappa shape index (κ3) is 3.58. The molecule has 0 aliphatic carbocycles. The molecule has 2 aliphatic rings. The van der Waals surface area contributed by atoms with E-state index < -0.39 is 0 Å². The van der Waals surface area contributed by atoms with E-state index in [2.05, 4.69) is 25.4 Å². The molecule has 4 heterocycles. The van der Waals surface area contributed by atoms with Crippen LogP contribution in [-0.2, 0) is 0 Å². The first-order valence-corrected chi connectivity index (χ1v) is 9.29. The molecule has 6 heteroatoms. The van der Waals surface area contributed by atoms with Crippen LogP contribution in [0.25, 0.3) is 11.3 Å². The minimum absolute atomic E-state index is 0.0688. The molecule has 2 aromatic rings. The highest BCUT2D eigenvalue weighted by Gasteiger charge is 2.33. The van der Waals surface area contributed by atoms with E-state index in [0.717, 1.165) is 17.8 Å². The molecule has 4 rings (SSSR count). The van der Waals surface area contributed by atoms with Crippen molar-refractivity contribution in [3.05, 3.63) is 36.3 Å². The molecule has 2 saturated heterocycles. The van der Waals surface area contributed by atoms with Crippen LogP contribution >= 0.6 is 0 Å². The Morgan fingerprint density at radius 3 is 2.92 bits per heavy atom. The number of fused-ring (bicyclic) bond motifs is 1. The summed E-state index contributed by atoms with van der Waals surface area (Å²) in [5.74, 6) is 0.501. The second-order valence-corrected chi connectivity index (χ2v) is 7.11. The topological polar surface area (TPSA) is 73.9 Å². The van der Waals surface area contributed by atoms with Crippen LogP contribution in [0.2, 0.25) is 0 Å². The molecule has 2 aromatic heterocycles. The molecular formula is C19H25N5O. The molecule has 25 heavy (non-hydrogen) atoms. The predicted octanol–water partition coefficient (Wildman–Crippen LogP) is 2.47. The Morgan fingerprint density at radius 1 is 1.20 bits per heavy atom. The minimum Gasteiger partial charge on any atom is -0.350 e.